The Kier molecular flexibility index (Phi) is 4.13. The van der Waals surface area contributed by atoms with Gasteiger partial charge in [-0.1, -0.05) is 34.9 Å². The largest absolute Gasteiger partial charge is 0.478 e. The molecular formula is C19H16Cl2FNO2. The van der Waals surface area contributed by atoms with Crippen molar-refractivity contribution in [3.63, 3.8) is 0 Å². The van der Waals surface area contributed by atoms with E-state index in [0.29, 0.717) is 28.6 Å². The van der Waals surface area contributed by atoms with Gasteiger partial charge < -0.3 is 9.67 Å². The minimum Gasteiger partial charge on any atom is -0.478 e. The van der Waals surface area contributed by atoms with Crippen molar-refractivity contribution in [2.45, 2.75) is 32.0 Å². The number of rotatable bonds is 4. The van der Waals surface area contributed by atoms with E-state index in [9.17, 15) is 14.3 Å². The Bertz CT molecular complexity index is 899. The first kappa shape index (κ1) is 16.7. The van der Waals surface area contributed by atoms with Gasteiger partial charge in [-0.05, 0) is 42.5 Å². The van der Waals surface area contributed by atoms with Crippen molar-refractivity contribution in [2.24, 2.45) is 5.92 Å². The highest BCUT2D eigenvalue weighted by atomic mass is 35.5. The van der Waals surface area contributed by atoms with Gasteiger partial charge in [0.05, 0.1) is 22.8 Å². The van der Waals surface area contributed by atoms with Crippen LogP contribution >= 0.6 is 23.2 Å². The van der Waals surface area contributed by atoms with E-state index in [4.69, 9.17) is 23.2 Å². The predicted octanol–water partition coefficient (Wildman–Crippen LogP) is 5.75. The van der Waals surface area contributed by atoms with Crippen LogP contribution in [-0.2, 0) is 6.54 Å². The Morgan fingerprint density at radius 2 is 2.04 bits per heavy atom. The summed E-state index contributed by atoms with van der Waals surface area (Å²) in [5, 5.41) is 9.70. The second-order valence-electron chi connectivity index (χ2n) is 6.64. The number of hydrogen-bond acceptors (Lipinski definition) is 1. The summed E-state index contributed by atoms with van der Waals surface area (Å²) in [6.45, 7) is 0.237. The van der Waals surface area contributed by atoms with Crippen LogP contribution in [0.3, 0.4) is 0 Å². The van der Waals surface area contributed by atoms with Gasteiger partial charge in [0, 0.05) is 23.2 Å². The van der Waals surface area contributed by atoms with E-state index in [1.165, 1.54) is 17.7 Å². The Hall–Kier alpha value is -1.78. The van der Waals surface area contributed by atoms with Gasteiger partial charge in [0.15, 0.2) is 0 Å². The minimum atomic E-state index is -1.11. The van der Waals surface area contributed by atoms with Crippen molar-refractivity contribution in [1.29, 1.82) is 0 Å². The van der Waals surface area contributed by atoms with Crippen LogP contribution in [0.25, 0.3) is 6.08 Å². The number of carboxylic acids is 1. The molecule has 1 aromatic carbocycles. The highest BCUT2D eigenvalue weighted by Gasteiger charge is 2.33. The molecular weight excluding hydrogens is 364 g/mol. The van der Waals surface area contributed by atoms with Crippen molar-refractivity contribution in [3.05, 3.63) is 62.4 Å². The molecule has 25 heavy (non-hydrogen) atoms. The molecule has 1 saturated carbocycles. The molecule has 0 amide bonds. The van der Waals surface area contributed by atoms with Crippen LogP contribution in [0.4, 0.5) is 4.39 Å². The number of hydrogen-bond donors (Lipinski definition) is 1. The van der Waals surface area contributed by atoms with Crippen LogP contribution in [0.1, 0.15) is 52.6 Å². The first-order chi connectivity index (χ1) is 12.0. The third kappa shape index (κ3) is 2.98. The molecule has 0 spiro atoms. The molecule has 0 saturated heterocycles. The number of carboxylic acid groups (broad SMARTS) is 1. The summed E-state index contributed by atoms with van der Waals surface area (Å²) >= 11 is 12.5. The summed E-state index contributed by atoms with van der Waals surface area (Å²) < 4.78 is 16.6. The number of aromatic nitrogens is 1. The fraction of sp³-hybridized carbons (Fsp3) is 0.316. The number of halogens is 3. The lowest BCUT2D eigenvalue weighted by Gasteiger charge is -2.21. The first-order valence-corrected chi connectivity index (χ1v) is 8.95. The Morgan fingerprint density at radius 1 is 1.28 bits per heavy atom. The molecule has 3 nitrogen and oxygen atoms in total. The van der Waals surface area contributed by atoms with Gasteiger partial charge in [-0.15, -0.1) is 0 Å². The lowest BCUT2D eigenvalue weighted by atomic mass is 9.93. The van der Waals surface area contributed by atoms with E-state index < -0.39 is 12.1 Å². The molecule has 0 aliphatic heterocycles. The predicted molar refractivity (Wildman–Crippen MR) is 96.1 cm³/mol. The zero-order valence-corrected chi connectivity index (χ0v) is 14.8. The zero-order valence-electron chi connectivity index (χ0n) is 13.3. The number of aromatic carboxylic acids is 1. The van der Waals surface area contributed by atoms with E-state index in [-0.39, 0.29) is 17.1 Å². The van der Waals surface area contributed by atoms with Crippen LogP contribution in [0.5, 0.6) is 0 Å². The molecule has 2 aliphatic carbocycles. The van der Waals surface area contributed by atoms with E-state index in [2.05, 4.69) is 6.08 Å². The fourth-order valence-corrected chi connectivity index (χ4v) is 4.07. The quantitative estimate of drug-likeness (QED) is 0.734. The molecule has 6 heteroatoms. The number of alkyl halides is 1. The Balaban J connectivity index is 1.72. The molecule has 0 bridgehead atoms. The number of fused-ring (bicyclic) bond motifs is 1. The standard InChI is InChI=1S/C19H16Cl2FNO2/c20-15-4-3-13(19(24)25)17(21)14(15)9-23-6-5-11-7-12(10-1-2-10)8-16(22)18(11)23/h3-7,10,16H,1-2,8-9H2,(H,24,25). The van der Waals surface area contributed by atoms with E-state index in [0.717, 1.165) is 18.4 Å². The fourth-order valence-electron chi connectivity index (χ4n) is 3.50. The third-order valence-corrected chi connectivity index (χ3v) is 5.72. The number of allylic oxidation sites excluding steroid dienone is 1. The van der Waals surface area contributed by atoms with Gasteiger partial charge in [0.25, 0.3) is 0 Å². The maximum Gasteiger partial charge on any atom is 0.337 e. The van der Waals surface area contributed by atoms with Gasteiger partial charge in [0.1, 0.15) is 6.17 Å². The SMILES string of the molecule is O=C(O)c1ccc(Cl)c(Cn2ccc3c2C(F)CC(C2CC2)=C3)c1Cl. The van der Waals surface area contributed by atoms with Gasteiger partial charge in [0.2, 0.25) is 0 Å². The molecule has 2 aliphatic rings. The number of nitrogens with zero attached hydrogens (tertiary/aromatic N) is 1. The molecule has 4 rings (SSSR count). The number of benzene rings is 1. The monoisotopic (exact) mass is 379 g/mol. The molecule has 2 aromatic rings. The zero-order chi connectivity index (χ0) is 17.7. The van der Waals surface area contributed by atoms with Crippen molar-refractivity contribution < 1.29 is 14.3 Å². The maximum absolute atomic E-state index is 14.8. The molecule has 1 N–H and O–H groups in total. The Labute approximate surface area is 154 Å². The Morgan fingerprint density at radius 3 is 2.72 bits per heavy atom. The highest BCUT2D eigenvalue weighted by molar-refractivity contribution is 6.37. The molecule has 1 aromatic heterocycles. The van der Waals surface area contributed by atoms with E-state index in [1.54, 1.807) is 4.57 Å². The number of carbonyl (C=O) groups is 1. The lowest BCUT2D eigenvalue weighted by Crippen LogP contribution is -2.12. The molecule has 1 heterocycles. The van der Waals surface area contributed by atoms with Gasteiger partial charge in [-0.3, -0.25) is 0 Å². The van der Waals surface area contributed by atoms with Crippen molar-refractivity contribution in [3.8, 4) is 0 Å². The van der Waals surface area contributed by atoms with Crippen LogP contribution in [0.15, 0.2) is 30.0 Å². The molecule has 1 unspecified atom stereocenters. The highest BCUT2D eigenvalue weighted by Crippen LogP contribution is 2.46. The van der Waals surface area contributed by atoms with Crippen LogP contribution in [-0.4, -0.2) is 15.6 Å². The summed E-state index contributed by atoms with van der Waals surface area (Å²) in [6.07, 6.45) is 5.58. The maximum atomic E-state index is 14.8. The minimum absolute atomic E-state index is 0.00481. The van der Waals surface area contributed by atoms with Crippen molar-refractivity contribution >= 4 is 35.2 Å². The van der Waals surface area contributed by atoms with Crippen LogP contribution in [0.2, 0.25) is 10.0 Å². The summed E-state index contributed by atoms with van der Waals surface area (Å²) in [5.41, 5.74) is 3.18. The summed E-state index contributed by atoms with van der Waals surface area (Å²) in [6, 6.07) is 4.79. The van der Waals surface area contributed by atoms with Crippen molar-refractivity contribution in [2.75, 3.05) is 0 Å². The molecule has 1 atom stereocenters. The van der Waals surface area contributed by atoms with Crippen LogP contribution < -0.4 is 0 Å². The average molecular weight is 380 g/mol. The molecule has 130 valence electrons. The normalized spacial score (nSPS) is 19.5. The van der Waals surface area contributed by atoms with Gasteiger partial charge in [-0.2, -0.15) is 0 Å². The molecule has 1 fully saturated rings. The first-order valence-electron chi connectivity index (χ1n) is 8.19. The summed E-state index contributed by atoms with van der Waals surface area (Å²) in [5.74, 6) is -0.566. The lowest BCUT2D eigenvalue weighted by molar-refractivity contribution is 0.0697. The van der Waals surface area contributed by atoms with Gasteiger partial charge >= 0.3 is 5.97 Å². The summed E-state index contributed by atoms with van der Waals surface area (Å²) in [4.78, 5) is 11.3. The average Bonchev–Trinajstić information content (AvgIpc) is 3.32. The van der Waals surface area contributed by atoms with Gasteiger partial charge in [-0.25, -0.2) is 9.18 Å². The topological polar surface area (TPSA) is 42.2 Å². The smallest absolute Gasteiger partial charge is 0.337 e. The summed E-state index contributed by atoms with van der Waals surface area (Å²) in [7, 11) is 0. The van der Waals surface area contributed by atoms with Crippen molar-refractivity contribution in [1.82, 2.24) is 4.57 Å². The second kappa shape index (κ2) is 6.19. The molecule has 0 radical (unpaired) electrons. The van der Waals surface area contributed by atoms with Crippen LogP contribution in [0, 0.1) is 5.92 Å². The van der Waals surface area contributed by atoms with E-state index >= 15 is 0 Å². The third-order valence-electron chi connectivity index (χ3n) is 4.94. The van der Waals surface area contributed by atoms with E-state index in [1.807, 2.05) is 12.3 Å². The second-order valence-corrected chi connectivity index (χ2v) is 7.43.